The molecule has 0 aromatic heterocycles. The number of allylic oxidation sites excluding steroid dienone is 1. The number of esters is 2. The van der Waals surface area contributed by atoms with Crippen LogP contribution in [0, 0.1) is 0 Å². The van der Waals surface area contributed by atoms with Gasteiger partial charge in [0.15, 0.2) is 0 Å². The van der Waals surface area contributed by atoms with E-state index in [1.807, 2.05) is 19.1 Å². The normalized spacial score (nSPS) is 15.0. The average molecular weight is 629 g/mol. The summed E-state index contributed by atoms with van der Waals surface area (Å²) >= 11 is 0. The number of methoxy groups -OCH3 is 1. The first-order valence-corrected chi connectivity index (χ1v) is 17.4. The van der Waals surface area contributed by atoms with Gasteiger partial charge in [-0.2, -0.15) is 0 Å². The fraction of sp³-hybridized carbons (Fsp3) is 0.676. The van der Waals surface area contributed by atoms with Gasteiger partial charge in [-0.25, -0.2) is 9.59 Å². The van der Waals surface area contributed by atoms with Crippen LogP contribution in [0.4, 0.5) is 0 Å². The molecule has 0 bridgehead atoms. The lowest BCUT2D eigenvalue weighted by molar-refractivity contribution is -0.140. The summed E-state index contributed by atoms with van der Waals surface area (Å²) in [6, 6.07) is 5.91. The molecule has 8 nitrogen and oxygen atoms in total. The van der Waals surface area contributed by atoms with Crippen molar-refractivity contribution in [3.05, 3.63) is 52.1 Å². The molecule has 1 unspecified atom stereocenters. The maximum atomic E-state index is 13.7. The Labute approximate surface area is 272 Å². The molecule has 0 amide bonds. The van der Waals surface area contributed by atoms with E-state index in [-0.39, 0.29) is 31.9 Å². The summed E-state index contributed by atoms with van der Waals surface area (Å²) in [5.41, 5.74) is 8.84. The van der Waals surface area contributed by atoms with E-state index >= 15 is 0 Å². The fourth-order valence-electron chi connectivity index (χ4n) is 6.14. The predicted molar refractivity (Wildman–Crippen MR) is 181 cm³/mol. The number of hydrogen-bond acceptors (Lipinski definition) is 8. The lowest BCUT2D eigenvalue weighted by Crippen LogP contribution is -2.36. The van der Waals surface area contributed by atoms with Crippen LogP contribution in [0.25, 0.3) is 0 Å². The number of carbonyl (C=O) groups excluding carboxylic acids is 2. The van der Waals surface area contributed by atoms with Crippen LogP contribution >= 0.6 is 0 Å². The highest BCUT2D eigenvalue weighted by molar-refractivity contribution is 6.00. The minimum Gasteiger partial charge on any atom is -0.496 e. The Balaban J connectivity index is 2.30. The number of rotatable bonds is 23. The van der Waals surface area contributed by atoms with Gasteiger partial charge in [0, 0.05) is 24.9 Å². The van der Waals surface area contributed by atoms with E-state index in [1.165, 1.54) is 70.6 Å². The first-order valence-electron chi connectivity index (χ1n) is 17.4. The highest BCUT2D eigenvalue weighted by atomic mass is 16.5. The number of unbranched alkanes of at least 4 members (excludes halogenated alkanes) is 12. The molecule has 0 spiro atoms. The number of nitrogens with zero attached hydrogens (tertiary/aromatic N) is 1. The Morgan fingerprint density at radius 2 is 1.33 bits per heavy atom. The molecule has 0 radical (unpaired) electrons. The second-order valence-corrected chi connectivity index (χ2v) is 11.8. The minimum absolute atomic E-state index is 0.179. The molecule has 45 heavy (non-hydrogen) atoms. The van der Waals surface area contributed by atoms with E-state index < -0.39 is 17.9 Å². The average Bonchev–Trinajstić information content (AvgIpc) is 3.03. The standard InChI is InChI=1S/C37H60N2O6/c1-7-10-11-12-13-14-15-16-17-18-19-20-21-23-29-24-22-25-30(42-6)32(29)33-31(36(40)43-8-2)28(4)39(5)35(45-27-26-38)34(33)37(41)44-9-3/h22,24-25,33H,7-21,23,26-27,38H2,1-6H3. The van der Waals surface area contributed by atoms with Crippen LogP contribution in [-0.4, -0.2) is 57.4 Å². The molecule has 8 heteroatoms. The Morgan fingerprint density at radius 3 is 1.84 bits per heavy atom. The van der Waals surface area contributed by atoms with Crippen LogP contribution in [0.15, 0.2) is 40.9 Å². The Kier molecular flexibility index (Phi) is 18.4. The molecule has 2 N–H and O–H groups in total. The van der Waals surface area contributed by atoms with Gasteiger partial charge < -0.3 is 29.6 Å². The predicted octanol–water partition coefficient (Wildman–Crippen LogP) is 7.95. The highest BCUT2D eigenvalue weighted by Crippen LogP contribution is 2.47. The van der Waals surface area contributed by atoms with Crippen LogP contribution in [0.5, 0.6) is 5.75 Å². The van der Waals surface area contributed by atoms with Crippen LogP contribution in [0.1, 0.15) is 128 Å². The zero-order valence-electron chi connectivity index (χ0n) is 29.0. The molecule has 1 aromatic carbocycles. The van der Waals surface area contributed by atoms with E-state index in [2.05, 4.69) is 13.0 Å². The molecule has 1 aliphatic rings. The van der Waals surface area contributed by atoms with Gasteiger partial charge in [0.05, 0.1) is 31.8 Å². The van der Waals surface area contributed by atoms with E-state index in [0.717, 1.165) is 30.4 Å². The maximum absolute atomic E-state index is 13.7. The molecule has 1 aliphatic heterocycles. The van der Waals surface area contributed by atoms with Gasteiger partial charge in [0.25, 0.3) is 0 Å². The number of hydrogen-bond donors (Lipinski definition) is 1. The second kappa shape index (κ2) is 21.7. The zero-order valence-corrected chi connectivity index (χ0v) is 29.0. The number of ether oxygens (including phenoxy) is 4. The third kappa shape index (κ3) is 11.4. The van der Waals surface area contributed by atoms with Crippen molar-refractivity contribution in [2.24, 2.45) is 5.73 Å². The molecule has 0 saturated heterocycles. The van der Waals surface area contributed by atoms with Crippen molar-refractivity contribution in [3.63, 3.8) is 0 Å². The summed E-state index contributed by atoms with van der Waals surface area (Å²) < 4.78 is 23.1. The largest absolute Gasteiger partial charge is 0.496 e. The highest BCUT2D eigenvalue weighted by Gasteiger charge is 2.44. The molecule has 254 valence electrons. The molecule has 2 rings (SSSR count). The van der Waals surface area contributed by atoms with Crippen molar-refractivity contribution in [1.29, 1.82) is 0 Å². The first kappa shape index (κ1) is 38.2. The van der Waals surface area contributed by atoms with Crippen molar-refractivity contribution in [1.82, 2.24) is 4.90 Å². The van der Waals surface area contributed by atoms with Crippen molar-refractivity contribution in [2.45, 2.75) is 124 Å². The minimum atomic E-state index is -0.791. The van der Waals surface area contributed by atoms with Gasteiger partial charge in [-0.3, -0.25) is 0 Å². The third-order valence-corrected chi connectivity index (χ3v) is 8.57. The Morgan fingerprint density at radius 1 is 0.800 bits per heavy atom. The summed E-state index contributed by atoms with van der Waals surface area (Å²) in [7, 11) is 3.38. The van der Waals surface area contributed by atoms with Gasteiger partial charge in [-0.15, -0.1) is 0 Å². The Hall–Kier alpha value is -3.00. The molecule has 1 aromatic rings. The number of carbonyl (C=O) groups is 2. The molecule has 0 saturated carbocycles. The van der Waals surface area contributed by atoms with Gasteiger partial charge in [0.1, 0.15) is 17.9 Å². The summed E-state index contributed by atoms with van der Waals surface area (Å²) in [6.07, 6.45) is 17.5. The van der Waals surface area contributed by atoms with E-state index in [9.17, 15) is 9.59 Å². The van der Waals surface area contributed by atoms with Gasteiger partial charge in [0.2, 0.25) is 5.88 Å². The van der Waals surface area contributed by atoms with Gasteiger partial charge >= 0.3 is 11.9 Å². The lowest BCUT2D eigenvalue weighted by atomic mass is 9.78. The smallest absolute Gasteiger partial charge is 0.340 e. The van der Waals surface area contributed by atoms with E-state index in [1.54, 1.807) is 32.9 Å². The SMILES string of the molecule is CCCCCCCCCCCCCCCc1cccc(OC)c1C1C(C(=O)OCC)=C(C)N(C)C(OCCN)=C1C(=O)OCC. The number of aryl methyl sites for hydroxylation is 1. The van der Waals surface area contributed by atoms with Crippen molar-refractivity contribution >= 4 is 11.9 Å². The lowest BCUT2D eigenvalue weighted by Gasteiger charge is -2.37. The summed E-state index contributed by atoms with van der Waals surface area (Å²) in [5.74, 6) is -0.892. The first-order chi connectivity index (χ1) is 21.9. The van der Waals surface area contributed by atoms with Crippen molar-refractivity contribution in [3.8, 4) is 5.75 Å². The molecular formula is C37H60N2O6. The van der Waals surface area contributed by atoms with Crippen LogP contribution < -0.4 is 10.5 Å². The quantitative estimate of drug-likeness (QED) is 0.0963. The van der Waals surface area contributed by atoms with Crippen molar-refractivity contribution in [2.75, 3.05) is 40.5 Å². The van der Waals surface area contributed by atoms with E-state index in [4.69, 9.17) is 24.7 Å². The third-order valence-electron chi connectivity index (χ3n) is 8.57. The van der Waals surface area contributed by atoms with Crippen LogP contribution in [-0.2, 0) is 30.2 Å². The molecule has 0 fully saturated rings. The number of nitrogens with two attached hydrogens (primary N) is 1. The monoisotopic (exact) mass is 628 g/mol. The number of benzene rings is 1. The van der Waals surface area contributed by atoms with Crippen molar-refractivity contribution < 1.29 is 28.5 Å². The van der Waals surface area contributed by atoms with Crippen LogP contribution in [0.2, 0.25) is 0 Å². The zero-order chi connectivity index (χ0) is 33.0. The summed E-state index contributed by atoms with van der Waals surface area (Å²) in [4.78, 5) is 29.0. The summed E-state index contributed by atoms with van der Waals surface area (Å²) in [5, 5.41) is 0. The van der Waals surface area contributed by atoms with Gasteiger partial charge in [-0.05, 0) is 45.2 Å². The summed E-state index contributed by atoms with van der Waals surface area (Å²) in [6.45, 7) is 8.50. The maximum Gasteiger partial charge on any atom is 0.340 e. The Bertz CT molecular complexity index is 1110. The molecular weight excluding hydrogens is 568 g/mol. The molecule has 1 heterocycles. The molecule has 0 aliphatic carbocycles. The van der Waals surface area contributed by atoms with Crippen LogP contribution in [0.3, 0.4) is 0 Å². The fourth-order valence-corrected chi connectivity index (χ4v) is 6.14. The molecule has 1 atom stereocenters. The topological polar surface area (TPSA) is 100 Å². The van der Waals surface area contributed by atoms with Gasteiger partial charge in [-0.1, -0.05) is 96.1 Å². The van der Waals surface area contributed by atoms with E-state index in [0.29, 0.717) is 22.9 Å². The second-order valence-electron chi connectivity index (χ2n) is 11.8.